The Bertz CT molecular complexity index is 948. The topological polar surface area (TPSA) is 101 Å². The molecule has 1 aromatic heterocycles. The van der Waals surface area contributed by atoms with Crippen LogP contribution in [0.15, 0.2) is 34.9 Å². The van der Waals surface area contributed by atoms with Crippen molar-refractivity contribution in [1.82, 2.24) is 9.97 Å². The van der Waals surface area contributed by atoms with E-state index >= 15 is 0 Å². The number of aldehydes is 1. The number of aliphatic hydroxyl groups excluding tert-OH is 1. The standard InChI is InChI=1S/C19H20F2N4O2S/c1-19(2,9-27)25-18-23-15(10-4-3-5-11(6-10)16(20)21)13-14(22)12(7-26)8-28-17(13)24-18/h3-7,16,27H,8-9,22H2,1-2H3,(H,23,24,25). The molecule has 0 saturated carbocycles. The van der Waals surface area contributed by atoms with E-state index in [4.69, 9.17) is 5.73 Å². The van der Waals surface area contributed by atoms with E-state index in [0.29, 0.717) is 39.5 Å². The van der Waals surface area contributed by atoms with Gasteiger partial charge in [-0.15, -0.1) is 11.8 Å². The van der Waals surface area contributed by atoms with Gasteiger partial charge in [-0.1, -0.05) is 18.2 Å². The number of benzene rings is 1. The molecule has 148 valence electrons. The van der Waals surface area contributed by atoms with E-state index in [1.165, 1.54) is 30.0 Å². The van der Waals surface area contributed by atoms with Gasteiger partial charge >= 0.3 is 0 Å². The number of nitrogens with zero attached hydrogens (tertiary/aromatic N) is 2. The number of rotatable bonds is 6. The maximum Gasteiger partial charge on any atom is 0.263 e. The Morgan fingerprint density at radius 2 is 2.14 bits per heavy atom. The van der Waals surface area contributed by atoms with E-state index in [2.05, 4.69) is 15.3 Å². The highest BCUT2D eigenvalue weighted by molar-refractivity contribution is 7.99. The third kappa shape index (κ3) is 4.00. The Kier molecular flexibility index (Phi) is 5.66. The highest BCUT2D eigenvalue weighted by Crippen LogP contribution is 2.40. The lowest BCUT2D eigenvalue weighted by molar-refractivity contribution is -0.104. The number of carbonyl (C=O) groups is 1. The number of fused-ring (bicyclic) bond motifs is 1. The molecule has 28 heavy (non-hydrogen) atoms. The SMILES string of the molecule is CC(C)(CO)Nc1nc2c(c(-c3cccc(C(F)F)c3)n1)C(N)=C(C=O)CS2. The van der Waals surface area contributed by atoms with E-state index in [1.54, 1.807) is 19.9 Å². The van der Waals surface area contributed by atoms with Gasteiger partial charge in [-0.25, -0.2) is 18.7 Å². The molecule has 1 aliphatic heterocycles. The number of halogens is 2. The van der Waals surface area contributed by atoms with E-state index in [0.717, 1.165) is 0 Å². The predicted molar refractivity (Wildman–Crippen MR) is 105 cm³/mol. The number of nitrogens with two attached hydrogens (primary N) is 1. The van der Waals surface area contributed by atoms with Crippen molar-refractivity contribution in [1.29, 1.82) is 0 Å². The van der Waals surface area contributed by atoms with Crippen molar-refractivity contribution in [2.75, 3.05) is 17.7 Å². The zero-order chi connectivity index (χ0) is 20.5. The fourth-order valence-electron chi connectivity index (χ4n) is 2.70. The first-order valence-electron chi connectivity index (χ1n) is 8.52. The number of aliphatic hydroxyl groups is 1. The summed E-state index contributed by atoms with van der Waals surface area (Å²) < 4.78 is 26.4. The van der Waals surface area contributed by atoms with E-state index < -0.39 is 12.0 Å². The van der Waals surface area contributed by atoms with Gasteiger partial charge in [-0.05, 0) is 19.9 Å². The molecular formula is C19H20F2N4O2S. The Morgan fingerprint density at radius 1 is 1.39 bits per heavy atom. The Morgan fingerprint density at radius 3 is 2.79 bits per heavy atom. The molecule has 4 N–H and O–H groups in total. The maximum atomic E-state index is 13.2. The van der Waals surface area contributed by atoms with E-state index in [-0.39, 0.29) is 23.8 Å². The van der Waals surface area contributed by atoms with Gasteiger partial charge in [-0.2, -0.15) is 0 Å². The van der Waals surface area contributed by atoms with Gasteiger partial charge in [-0.3, -0.25) is 4.79 Å². The Hall–Kier alpha value is -2.52. The molecule has 0 aliphatic carbocycles. The minimum Gasteiger partial charge on any atom is -0.398 e. The minimum absolute atomic E-state index is 0.142. The lowest BCUT2D eigenvalue weighted by Gasteiger charge is -2.26. The number of thioether (sulfide) groups is 1. The molecule has 0 saturated heterocycles. The third-order valence-electron chi connectivity index (χ3n) is 4.26. The Balaban J connectivity index is 2.23. The number of aromatic nitrogens is 2. The molecule has 0 atom stereocenters. The number of anilines is 1. The van der Waals surface area contributed by atoms with Crippen molar-refractivity contribution in [2.45, 2.75) is 30.8 Å². The summed E-state index contributed by atoms with van der Waals surface area (Å²) in [5.41, 5.74) is 7.26. The lowest BCUT2D eigenvalue weighted by Crippen LogP contribution is -2.36. The summed E-state index contributed by atoms with van der Waals surface area (Å²) in [4.78, 5) is 20.3. The first-order valence-corrected chi connectivity index (χ1v) is 9.51. The molecule has 9 heteroatoms. The largest absolute Gasteiger partial charge is 0.398 e. The van der Waals surface area contributed by atoms with Crippen LogP contribution in [0.1, 0.15) is 31.4 Å². The molecule has 0 radical (unpaired) electrons. The van der Waals surface area contributed by atoms with E-state index in [9.17, 15) is 18.7 Å². The van der Waals surface area contributed by atoms with Crippen molar-refractivity contribution < 1.29 is 18.7 Å². The first kappa shape index (κ1) is 20.2. The molecule has 0 amide bonds. The van der Waals surface area contributed by atoms with Crippen LogP contribution in [0.2, 0.25) is 0 Å². The lowest BCUT2D eigenvalue weighted by atomic mass is 10.0. The zero-order valence-electron chi connectivity index (χ0n) is 15.4. The second-order valence-corrected chi connectivity index (χ2v) is 7.98. The summed E-state index contributed by atoms with van der Waals surface area (Å²) in [6.45, 7) is 3.39. The molecule has 0 fully saturated rings. The second kappa shape index (κ2) is 7.84. The summed E-state index contributed by atoms with van der Waals surface area (Å²) in [7, 11) is 0. The summed E-state index contributed by atoms with van der Waals surface area (Å²) >= 11 is 1.32. The summed E-state index contributed by atoms with van der Waals surface area (Å²) in [6.07, 6.45) is -1.94. The molecule has 0 bridgehead atoms. The van der Waals surface area contributed by atoms with Crippen LogP contribution in [0.5, 0.6) is 0 Å². The monoisotopic (exact) mass is 406 g/mol. The van der Waals surface area contributed by atoms with Crippen molar-refractivity contribution in [2.24, 2.45) is 5.73 Å². The molecule has 2 aromatic rings. The van der Waals surface area contributed by atoms with Gasteiger partial charge in [0, 0.05) is 22.5 Å². The summed E-state index contributed by atoms with van der Waals surface area (Å²) in [5.74, 6) is 0.601. The van der Waals surface area contributed by atoms with Crippen LogP contribution in [0.4, 0.5) is 14.7 Å². The maximum absolute atomic E-state index is 13.2. The van der Waals surface area contributed by atoms with Crippen molar-refractivity contribution in [3.63, 3.8) is 0 Å². The second-order valence-electron chi connectivity index (χ2n) is 7.01. The molecule has 2 heterocycles. The highest BCUT2D eigenvalue weighted by Gasteiger charge is 2.27. The van der Waals surface area contributed by atoms with Crippen LogP contribution in [0, 0.1) is 0 Å². The van der Waals surface area contributed by atoms with Gasteiger partial charge in [0.15, 0.2) is 0 Å². The van der Waals surface area contributed by atoms with Crippen LogP contribution < -0.4 is 11.1 Å². The zero-order valence-corrected chi connectivity index (χ0v) is 16.2. The number of hydrogen-bond donors (Lipinski definition) is 3. The van der Waals surface area contributed by atoms with Crippen LogP contribution in [0.3, 0.4) is 0 Å². The fraction of sp³-hybridized carbons (Fsp3) is 0.316. The quantitative estimate of drug-likeness (QED) is 0.500. The Labute approximate surface area is 165 Å². The normalized spacial score (nSPS) is 14.2. The van der Waals surface area contributed by atoms with E-state index in [1.807, 2.05) is 0 Å². The fourth-order valence-corrected chi connectivity index (χ4v) is 3.72. The predicted octanol–water partition coefficient (Wildman–Crippen LogP) is 3.24. The number of carbonyl (C=O) groups excluding carboxylic acids is 1. The van der Waals surface area contributed by atoms with Gasteiger partial charge in [0.2, 0.25) is 5.95 Å². The van der Waals surface area contributed by atoms with Gasteiger partial charge in [0.25, 0.3) is 6.43 Å². The van der Waals surface area contributed by atoms with Crippen LogP contribution in [-0.4, -0.2) is 39.3 Å². The van der Waals surface area contributed by atoms with Crippen molar-refractivity contribution in [3.05, 3.63) is 41.0 Å². The first-order chi connectivity index (χ1) is 13.3. The van der Waals surface area contributed by atoms with Crippen molar-refractivity contribution >= 4 is 29.7 Å². The van der Waals surface area contributed by atoms with Crippen LogP contribution >= 0.6 is 11.8 Å². The molecule has 6 nitrogen and oxygen atoms in total. The number of nitrogens with one attached hydrogen (secondary N) is 1. The summed E-state index contributed by atoms with van der Waals surface area (Å²) in [6, 6.07) is 5.86. The average molecular weight is 406 g/mol. The average Bonchev–Trinajstić information content (AvgIpc) is 2.67. The van der Waals surface area contributed by atoms with Gasteiger partial charge < -0.3 is 16.2 Å². The molecule has 3 rings (SSSR count). The van der Waals surface area contributed by atoms with Gasteiger partial charge in [0.1, 0.15) is 11.3 Å². The minimum atomic E-state index is -2.63. The smallest absolute Gasteiger partial charge is 0.263 e. The molecule has 1 aromatic carbocycles. The molecule has 1 aliphatic rings. The third-order valence-corrected chi connectivity index (χ3v) is 5.28. The number of hydrogen-bond acceptors (Lipinski definition) is 7. The molecule has 0 spiro atoms. The summed E-state index contributed by atoms with van der Waals surface area (Å²) in [5, 5.41) is 13.1. The molecule has 0 unspecified atom stereocenters. The number of alkyl halides is 2. The van der Waals surface area contributed by atoms with Crippen LogP contribution in [-0.2, 0) is 4.79 Å². The van der Waals surface area contributed by atoms with Gasteiger partial charge in [0.05, 0.1) is 29.1 Å². The van der Waals surface area contributed by atoms with Crippen molar-refractivity contribution in [3.8, 4) is 11.3 Å². The highest BCUT2D eigenvalue weighted by atomic mass is 32.2. The van der Waals surface area contributed by atoms with Crippen LogP contribution in [0.25, 0.3) is 17.0 Å². The molecular weight excluding hydrogens is 386 g/mol.